The summed E-state index contributed by atoms with van der Waals surface area (Å²) in [7, 11) is 4.93. The molecule has 0 saturated heterocycles. The summed E-state index contributed by atoms with van der Waals surface area (Å²) < 4.78 is 23.5. The number of amides is 2. The molecule has 8 rings (SSSR count). The van der Waals surface area contributed by atoms with Gasteiger partial charge in [0.1, 0.15) is 0 Å². The van der Waals surface area contributed by atoms with Crippen molar-refractivity contribution < 1.29 is 38.4 Å². The van der Waals surface area contributed by atoms with Gasteiger partial charge in [-0.2, -0.15) is 0 Å². The highest BCUT2D eigenvalue weighted by atomic mass is 16.5. The second kappa shape index (κ2) is 15.1. The van der Waals surface area contributed by atoms with Crippen LogP contribution in [0.3, 0.4) is 0 Å². The van der Waals surface area contributed by atoms with Crippen LogP contribution in [0.1, 0.15) is 61.5 Å². The van der Waals surface area contributed by atoms with Crippen molar-refractivity contribution in [1.29, 1.82) is 0 Å². The fraction of sp³-hybridized carbons (Fsp3) is 0.233. The predicted octanol–water partition coefficient (Wildman–Crippen LogP) is 7.23. The van der Waals surface area contributed by atoms with E-state index in [9.17, 15) is 19.5 Å². The molecule has 2 amide bonds. The number of hydrogen-bond acceptors (Lipinski definition) is 10. The minimum atomic E-state index is -0.993. The summed E-state index contributed by atoms with van der Waals surface area (Å²) in [4.78, 5) is 51.5. The quantitative estimate of drug-likeness (QED) is 0.143. The zero-order chi connectivity index (χ0) is 38.9. The molecule has 0 bridgehead atoms. The van der Waals surface area contributed by atoms with Crippen LogP contribution in [0.15, 0.2) is 95.2 Å². The molecule has 13 heteroatoms. The summed E-state index contributed by atoms with van der Waals surface area (Å²) in [5.41, 5.74) is 6.89. The number of methoxy groups -OCH3 is 2. The maximum Gasteiger partial charge on any atom is 0.335 e. The van der Waals surface area contributed by atoms with Crippen LogP contribution in [-0.2, 0) is 0 Å². The number of anilines is 1. The summed E-state index contributed by atoms with van der Waals surface area (Å²) in [5, 5.41) is 12.4. The van der Waals surface area contributed by atoms with E-state index in [2.05, 4.69) is 10.3 Å². The Hall–Kier alpha value is -6.89. The lowest BCUT2D eigenvalue weighted by Crippen LogP contribution is -2.32. The van der Waals surface area contributed by atoms with Crippen LogP contribution in [0.2, 0.25) is 0 Å². The molecule has 0 fully saturated rings. The number of benzene rings is 4. The summed E-state index contributed by atoms with van der Waals surface area (Å²) in [5.74, 6) is 0.342. The van der Waals surface area contributed by atoms with Crippen molar-refractivity contribution in [3.05, 3.63) is 113 Å². The van der Waals surface area contributed by atoms with Crippen molar-refractivity contribution >= 4 is 58.4 Å². The molecule has 0 aromatic heterocycles. The van der Waals surface area contributed by atoms with Crippen molar-refractivity contribution in [3.63, 3.8) is 0 Å². The van der Waals surface area contributed by atoms with E-state index in [0.717, 1.165) is 28.0 Å². The number of fused-ring (bicyclic) bond motifs is 4. The number of aromatic carboxylic acids is 1. The van der Waals surface area contributed by atoms with Crippen LogP contribution in [-0.4, -0.2) is 91.7 Å². The molecule has 4 aliphatic heterocycles. The minimum Gasteiger partial charge on any atom is -0.493 e. The smallest absolute Gasteiger partial charge is 0.335 e. The van der Waals surface area contributed by atoms with Gasteiger partial charge in [0, 0.05) is 69.0 Å². The Labute approximate surface area is 323 Å². The van der Waals surface area contributed by atoms with Crippen LogP contribution < -0.4 is 24.3 Å². The molecule has 2 atom stereocenters. The summed E-state index contributed by atoms with van der Waals surface area (Å²) in [6.07, 6.45) is 8.96. The van der Waals surface area contributed by atoms with Gasteiger partial charge in [-0.25, -0.2) is 4.79 Å². The van der Waals surface area contributed by atoms with Gasteiger partial charge in [-0.05, 0) is 58.7 Å². The normalized spacial score (nSPS) is 17.8. The van der Waals surface area contributed by atoms with E-state index < -0.39 is 5.97 Å². The summed E-state index contributed by atoms with van der Waals surface area (Å²) >= 11 is 0. The summed E-state index contributed by atoms with van der Waals surface area (Å²) in [6, 6.07) is 21.0. The third kappa shape index (κ3) is 6.83. The minimum absolute atomic E-state index is 0.158. The van der Waals surface area contributed by atoms with Crippen LogP contribution in [0.4, 0.5) is 17.1 Å². The number of carbonyl (C=O) groups is 3. The number of carbonyl (C=O) groups excluding carboxylic acids is 2. The van der Waals surface area contributed by atoms with Gasteiger partial charge in [0.05, 0.1) is 67.6 Å². The van der Waals surface area contributed by atoms with Crippen molar-refractivity contribution in [3.8, 4) is 23.0 Å². The topological polar surface area (TPSA) is 152 Å². The lowest BCUT2D eigenvalue weighted by molar-refractivity contribution is 0.0695. The van der Waals surface area contributed by atoms with Crippen molar-refractivity contribution in [2.45, 2.75) is 31.3 Å². The lowest BCUT2D eigenvalue weighted by Gasteiger charge is -2.19. The predicted molar refractivity (Wildman–Crippen MR) is 212 cm³/mol. The lowest BCUT2D eigenvalue weighted by atomic mass is 10.0. The molecule has 0 unspecified atom stereocenters. The third-order valence-electron chi connectivity index (χ3n) is 10.3. The molecule has 4 heterocycles. The second-order valence-corrected chi connectivity index (χ2v) is 13.6. The van der Waals surface area contributed by atoms with Crippen molar-refractivity contribution in [1.82, 2.24) is 9.80 Å². The molecular formula is C43H39N5O8. The molecule has 284 valence electrons. The van der Waals surface area contributed by atoms with E-state index >= 15 is 0 Å². The molecule has 4 aliphatic rings. The third-order valence-corrected chi connectivity index (χ3v) is 10.3. The first-order valence-electron chi connectivity index (χ1n) is 18.2. The van der Waals surface area contributed by atoms with E-state index in [1.807, 2.05) is 43.7 Å². The number of aliphatic imine (C=N–C) groups is 2. The number of nitrogens with one attached hydrogen (secondary N) is 1. The molecule has 4 aromatic carbocycles. The Bertz CT molecular complexity index is 2350. The van der Waals surface area contributed by atoms with Gasteiger partial charge in [0.25, 0.3) is 11.8 Å². The Kier molecular flexibility index (Phi) is 9.73. The largest absolute Gasteiger partial charge is 0.493 e. The van der Waals surface area contributed by atoms with E-state index in [1.165, 1.54) is 14.2 Å². The van der Waals surface area contributed by atoms with Gasteiger partial charge in [0.15, 0.2) is 23.0 Å². The first-order valence-corrected chi connectivity index (χ1v) is 18.2. The Morgan fingerprint density at radius 2 is 1.18 bits per heavy atom. The molecule has 2 N–H and O–H groups in total. The number of hydrogen-bond donors (Lipinski definition) is 2. The summed E-state index contributed by atoms with van der Waals surface area (Å²) in [6.45, 7) is 0.565. The highest BCUT2D eigenvalue weighted by Gasteiger charge is 2.35. The van der Waals surface area contributed by atoms with Crippen LogP contribution in [0, 0.1) is 0 Å². The molecular weight excluding hydrogens is 714 g/mol. The number of carboxylic acid groups (broad SMARTS) is 1. The standard InChI is InChI=1S/C43H39N5O8/c1-44-30-11-9-26(10-12-30)29-16-32-22-46-36-20-40(38(54-3)18-34(36)42(50)48(32)24-29)56-14-4-13-55-39-19-35-33(17-37(39)53-2)41(49)47-23-28(15-31(47)21-45-35)25-5-7-27(8-6-25)43(51)52/h5-12,17-24,31-32,44H,4,13-16H2,1-3H3,(H,51,52)/t31-,32-/m0/s1. The molecule has 4 aromatic rings. The number of carboxylic acids is 1. The van der Waals surface area contributed by atoms with Crippen LogP contribution in [0.5, 0.6) is 23.0 Å². The first-order chi connectivity index (χ1) is 27.2. The molecule has 0 saturated carbocycles. The SMILES string of the molecule is CNc1ccc(C2=CN3C(=O)c4cc(OC)c(OCCCOc5cc6c(cc5OC)C(=O)N5C=C(c7ccc(C(=O)O)cc7)C[C@H]5C=N6)cc4N=C[C@@H]3C2)cc1. The Balaban J connectivity index is 0.905. The van der Waals surface area contributed by atoms with Gasteiger partial charge in [-0.1, -0.05) is 24.3 Å². The van der Waals surface area contributed by atoms with E-state index in [-0.39, 0.29) is 42.7 Å². The van der Waals surface area contributed by atoms with Gasteiger partial charge in [-0.15, -0.1) is 0 Å². The molecule has 56 heavy (non-hydrogen) atoms. The fourth-order valence-electron chi connectivity index (χ4n) is 7.24. The molecule has 0 spiro atoms. The van der Waals surface area contributed by atoms with Crippen molar-refractivity contribution in [2.24, 2.45) is 9.98 Å². The first kappa shape index (κ1) is 36.1. The van der Waals surface area contributed by atoms with E-state index in [4.69, 9.17) is 23.9 Å². The van der Waals surface area contributed by atoms with Gasteiger partial charge < -0.3 is 39.2 Å². The monoisotopic (exact) mass is 753 g/mol. The van der Waals surface area contributed by atoms with Crippen LogP contribution >= 0.6 is 0 Å². The average molecular weight is 754 g/mol. The highest BCUT2D eigenvalue weighted by Crippen LogP contribution is 2.42. The molecule has 13 nitrogen and oxygen atoms in total. The Morgan fingerprint density at radius 3 is 1.61 bits per heavy atom. The van der Waals surface area contributed by atoms with Gasteiger partial charge >= 0.3 is 5.97 Å². The van der Waals surface area contributed by atoms with Crippen molar-refractivity contribution in [2.75, 3.05) is 39.8 Å². The van der Waals surface area contributed by atoms with E-state index in [0.29, 0.717) is 64.8 Å². The zero-order valence-corrected chi connectivity index (χ0v) is 31.0. The number of rotatable bonds is 12. The highest BCUT2D eigenvalue weighted by molar-refractivity contribution is 6.06. The maximum atomic E-state index is 13.8. The van der Waals surface area contributed by atoms with E-state index in [1.54, 1.807) is 70.7 Å². The second-order valence-electron chi connectivity index (χ2n) is 13.6. The average Bonchev–Trinajstić information content (AvgIpc) is 3.80. The number of nitrogens with zero attached hydrogens (tertiary/aromatic N) is 4. The zero-order valence-electron chi connectivity index (χ0n) is 31.0. The van der Waals surface area contributed by atoms with Gasteiger partial charge in [-0.3, -0.25) is 19.6 Å². The van der Waals surface area contributed by atoms with Crippen LogP contribution in [0.25, 0.3) is 11.1 Å². The number of ether oxygens (including phenoxy) is 4. The Morgan fingerprint density at radius 1 is 0.714 bits per heavy atom. The molecule has 0 radical (unpaired) electrons. The molecule has 0 aliphatic carbocycles. The fourth-order valence-corrected chi connectivity index (χ4v) is 7.24. The van der Waals surface area contributed by atoms with Gasteiger partial charge in [0.2, 0.25) is 0 Å². The maximum absolute atomic E-state index is 13.8.